The molecule has 40 heavy (non-hydrogen) atoms. The van der Waals surface area contributed by atoms with E-state index in [-0.39, 0.29) is 5.91 Å². The zero-order valence-electron chi connectivity index (χ0n) is 24.1. The Balaban J connectivity index is 1.56. The minimum Gasteiger partial charge on any atom is -0.480 e. The Hall–Kier alpha value is -2.00. The summed E-state index contributed by atoms with van der Waals surface area (Å²) in [6.45, 7) is 4.64. The highest BCUT2D eigenvalue weighted by atomic mass is 32.2. The van der Waals surface area contributed by atoms with Gasteiger partial charge in [0.25, 0.3) is 5.91 Å². The number of nitrogens with one attached hydrogen (secondary N) is 1. The quantitative estimate of drug-likeness (QED) is 0.288. The summed E-state index contributed by atoms with van der Waals surface area (Å²) in [6.07, 6.45) is 12.3. The van der Waals surface area contributed by atoms with Crippen molar-refractivity contribution in [2.24, 2.45) is 0 Å². The summed E-state index contributed by atoms with van der Waals surface area (Å²) in [5.74, 6) is -0.685. The average Bonchev–Trinajstić information content (AvgIpc) is 3.36. The Morgan fingerprint density at radius 2 is 1.88 bits per heavy atom. The molecule has 2 aliphatic rings. The number of likely N-dealkylation sites (tertiary alicyclic amines) is 1. The summed E-state index contributed by atoms with van der Waals surface area (Å²) in [4.78, 5) is 27.8. The number of ether oxygens (including phenoxy) is 1. The normalized spacial score (nSPS) is 20.9. The minimum atomic E-state index is -1.00. The summed E-state index contributed by atoms with van der Waals surface area (Å²) in [7, 11) is 0. The number of aryl methyl sites for hydroxylation is 1. The lowest BCUT2D eigenvalue weighted by atomic mass is 9.93. The van der Waals surface area contributed by atoms with Gasteiger partial charge < -0.3 is 15.2 Å². The summed E-state index contributed by atoms with van der Waals surface area (Å²) < 4.78 is 6.42. The van der Waals surface area contributed by atoms with Gasteiger partial charge in [-0.2, -0.15) is 23.5 Å². The molecular weight excluding hydrogens is 540 g/mol. The number of hydrogen-bond donors (Lipinski definition) is 2. The van der Waals surface area contributed by atoms with E-state index in [1.54, 1.807) is 11.8 Å². The number of benzene rings is 2. The Morgan fingerprint density at radius 3 is 2.58 bits per heavy atom. The van der Waals surface area contributed by atoms with E-state index >= 15 is 0 Å². The third-order valence-electron chi connectivity index (χ3n) is 8.26. The molecule has 0 radical (unpaired) electrons. The third kappa shape index (κ3) is 8.28. The number of nitrogens with zero attached hydrogens (tertiary/aromatic N) is 1. The van der Waals surface area contributed by atoms with Crippen LogP contribution in [0.15, 0.2) is 42.5 Å². The molecule has 4 rings (SSSR count). The van der Waals surface area contributed by atoms with E-state index in [4.69, 9.17) is 4.74 Å². The molecule has 1 aliphatic carbocycles. The van der Waals surface area contributed by atoms with Crippen molar-refractivity contribution in [2.45, 2.75) is 81.9 Å². The van der Waals surface area contributed by atoms with Gasteiger partial charge in [-0.05, 0) is 85.3 Å². The number of thioether (sulfide) groups is 2. The Morgan fingerprint density at radius 1 is 1.10 bits per heavy atom. The fourth-order valence-electron chi connectivity index (χ4n) is 5.90. The number of amides is 1. The van der Waals surface area contributed by atoms with Crippen LogP contribution in [-0.4, -0.2) is 76.7 Å². The predicted molar refractivity (Wildman–Crippen MR) is 167 cm³/mol. The molecular formula is C32H44N2O4S2. The molecule has 3 unspecified atom stereocenters. The first kappa shape index (κ1) is 30.9. The molecule has 0 spiro atoms. The third-order valence-corrected chi connectivity index (χ3v) is 9.92. The number of hydrogen-bond acceptors (Lipinski definition) is 6. The van der Waals surface area contributed by atoms with Crippen LogP contribution in [0.3, 0.4) is 0 Å². The minimum absolute atomic E-state index is 0.347. The molecule has 1 aliphatic heterocycles. The molecule has 2 N–H and O–H groups in total. The van der Waals surface area contributed by atoms with Crippen molar-refractivity contribution in [3.05, 3.63) is 59.2 Å². The molecule has 0 bridgehead atoms. The van der Waals surface area contributed by atoms with E-state index in [0.717, 1.165) is 48.4 Å². The maximum atomic E-state index is 13.4. The van der Waals surface area contributed by atoms with Crippen molar-refractivity contribution in [2.75, 3.05) is 31.4 Å². The first-order valence-corrected chi connectivity index (χ1v) is 17.2. The standard InChI is InChI=1S/C32H44N2O4S2/c1-22-9-7-8-12-27(22)29-17-23(13-14-28(29)31(35)33-30(32(36)37)15-16-39-2)19-34-20-26(40-3)18-24(34)21-38-25-10-5-4-6-11-25/h7-9,12-14,17,24-26,30H,4-6,10-11,15-16,18-21H2,1-3H3,(H,33,35)(H,36,37). The van der Waals surface area contributed by atoms with Crippen molar-refractivity contribution in [3.8, 4) is 11.1 Å². The monoisotopic (exact) mass is 584 g/mol. The topological polar surface area (TPSA) is 78.9 Å². The lowest BCUT2D eigenvalue weighted by molar-refractivity contribution is -0.139. The molecule has 1 amide bonds. The van der Waals surface area contributed by atoms with Gasteiger partial charge in [0.1, 0.15) is 6.04 Å². The summed E-state index contributed by atoms with van der Waals surface area (Å²) >= 11 is 3.51. The fourth-order valence-corrected chi connectivity index (χ4v) is 7.13. The molecule has 1 saturated heterocycles. The van der Waals surface area contributed by atoms with Crippen LogP contribution in [-0.2, 0) is 16.1 Å². The molecule has 1 heterocycles. The van der Waals surface area contributed by atoms with Gasteiger partial charge in [0.15, 0.2) is 0 Å². The second-order valence-corrected chi connectivity index (χ2v) is 13.2. The van der Waals surface area contributed by atoms with Crippen LogP contribution in [0.1, 0.15) is 66.4 Å². The molecule has 0 aromatic heterocycles. The number of carboxylic acids is 1. The van der Waals surface area contributed by atoms with Crippen molar-refractivity contribution < 1.29 is 19.4 Å². The molecule has 8 heteroatoms. The van der Waals surface area contributed by atoms with Crippen LogP contribution in [0.2, 0.25) is 0 Å². The zero-order chi connectivity index (χ0) is 28.5. The Labute approximate surface area is 248 Å². The molecule has 2 aromatic carbocycles. The van der Waals surface area contributed by atoms with Gasteiger partial charge in [0, 0.05) is 29.9 Å². The van der Waals surface area contributed by atoms with Crippen LogP contribution in [0.4, 0.5) is 0 Å². The van der Waals surface area contributed by atoms with E-state index in [2.05, 4.69) is 22.5 Å². The summed E-state index contributed by atoms with van der Waals surface area (Å²) in [6, 6.07) is 13.6. The highest BCUT2D eigenvalue weighted by Crippen LogP contribution is 2.32. The van der Waals surface area contributed by atoms with E-state index < -0.39 is 12.0 Å². The number of carbonyl (C=O) groups excluding carboxylic acids is 1. The number of aliphatic carboxylic acids is 1. The van der Waals surface area contributed by atoms with Gasteiger partial charge in [0.2, 0.25) is 0 Å². The second kappa shape index (κ2) is 15.3. The number of rotatable bonds is 13. The second-order valence-electron chi connectivity index (χ2n) is 11.1. The summed E-state index contributed by atoms with van der Waals surface area (Å²) in [5.41, 5.74) is 4.57. The first-order chi connectivity index (χ1) is 19.4. The van der Waals surface area contributed by atoms with E-state index in [0.29, 0.717) is 35.1 Å². The van der Waals surface area contributed by atoms with E-state index in [1.807, 2.05) is 61.3 Å². The molecule has 218 valence electrons. The lowest BCUT2D eigenvalue weighted by Gasteiger charge is -2.28. The Bertz CT molecular complexity index is 1140. The van der Waals surface area contributed by atoms with Crippen LogP contribution < -0.4 is 5.32 Å². The molecule has 1 saturated carbocycles. The van der Waals surface area contributed by atoms with Crippen LogP contribution >= 0.6 is 23.5 Å². The fraction of sp³-hybridized carbons (Fsp3) is 0.562. The highest BCUT2D eigenvalue weighted by Gasteiger charge is 2.33. The van der Waals surface area contributed by atoms with Crippen molar-refractivity contribution in [1.82, 2.24) is 10.2 Å². The number of carboxylic acid groups (broad SMARTS) is 1. The van der Waals surface area contributed by atoms with Crippen LogP contribution in [0, 0.1) is 6.92 Å². The van der Waals surface area contributed by atoms with Gasteiger partial charge in [-0.1, -0.05) is 49.6 Å². The van der Waals surface area contributed by atoms with E-state index in [1.165, 1.54) is 32.1 Å². The maximum absolute atomic E-state index is 13.4. The van der Waals surface area contributed by atoms with Crippen LogP contribution in [0.25, 0.3) is 11.1 Å². The number of carbonyl (C=O) groups is 2. The van der Waals surface area contributed by atoms with Gasteiger partial charge >= 0.3 is 5.97 Å². The zero-order valence-corrected chi connectivity index (χ0v) is 25.7. The van der Waals surface area contributed by atoms with Crippen molar-refractivity contribution >= 4 is 35.4 Å². The predicted octanol–water partition coefficient (Wildman–Crippen LogP) is 6.25. The smallest absolute Gasteiger partial charge is 0.326 e. The molecule has 6 nitrogen and oxygen atoms in total. The largest absolute Gasteiger partial charge is 0.480 e. The van der Waals surface area contributed by atoms with E-state index in [9.17, 15) is 14.7 Å². The van der Waals surface area contributed by atoms with Gasteiger partial charge in [-0.25, -0.2) is 4.79 Å². The summed E-state index contributed by atoms with van der Waals surface area (Å²) in [5, 5.41) is 13.1. The first-order valence-electron chi connectivity index (χ1n) is 14.5. The maximum Gasteiger partial charge on any atom is 0.326 e. The SMILES string of the molecule is CSCCC(NC(=O)c1ccc(CN2CC(SC)CC2COC2CCCCC2)cc1-c1ccccc1C)C(=O)O. The average molecular weight is 585 g/mol. The Kier molecular flexibility index (Phi) is 11.8. The van der Waals surface area contributed by atoms with Crippen LogP contribution in [0.5, 0.6) is 0 Å². The lowest BCUT2D eigenvalue weighted by Crippen LogP contribution is -2.41. The molecule has 3 atom stereocenters. The van der Waals surface area contributed by atoms with Gasteiger partial charge in [-0.15, -0.1) is 0 Å². The van der Waals surface area contributed by atoms with Gasteiger partial charge in [-0.3, -0.25) is 9.69 Å². The molecule has 2 aromatic rings. The highest BCUT2D eigenvalue weighted by molar-refractivity contribution is 7.99. The van der Waals surface area contributed by atoms with Crippen molar-refractivity contribution in [1.29, 1.82) is 0 Å². The molecule has 2 fully saturated rings. The van der Waals surface area contributed by atoms with Gasteiger partial charge in [0.05, 0.1) is 12.7 Å². The van der Waals surface area contributed by atoms with Crippen molar-refractivity contribution in [3.63, 3.8) is 0 Å².